The van der Waals surface area contributed by atoms with Crippen molar-refractivity contribution in [2.45, 2.75) is 6.92 Å². The van der Waals surface area contributed by atoms with Crippen LogP contribution in [0.25, 0.3) is 0 Å². The Labute approximate surface area is 93.7 Å². The summed E-state index contributed by atoms with van der Waals surface area (Å²) in [5.74, 6) is -0.224. The number of methoxy groups -OCH3 is 1. The van der Waals surface area contributed by atoms with E-state index in [9.17, 15) is 4.79 Å². The van der Waals surface area contributed by atoms with Gasteiger partial charge in [-0.25, -0.2) is 0 Å². The maximum Gasteiger partial charge on any atom is 0.250 e. The van der Waals surface area contributed by atoms with Gasteiger partial charge in [0.2, 0.25) is 5.91 Å². The van der Waals surface area contributed by atoms with Gasteiger partial charge in [-0.3, -0.25) is 4.79 Å². The average Bonchev–Trinajstić information content (AvgIpc) is 2.28. The van der Waals surface area contributed by atoms with Gasteiger partial charge in [0.15, 0.2) is 0 Å². The van der Waals surface area contributed by atoms with E-state index in [-0.39, 0.29) is 12.5 Å². The van der Waals surface area contributed by atoms with Crippen LogP contribution < -0.4 is 5.32 Å². The number of nitrogens with zero attached hydrogens (tertiary/aromatic N) is 1. The number of oxime groups is 1. The number of carbonyl (C=O) groups excluding carboxylic acids is 1. The topological polar surface area (TPSA) is 70.9 Å². The Morgan fingerprint density at radius 3 is 2.94 bits per heavy atom. The lowest BCUT2D eigenvalue weighted by Crippen LogP contribution is -2.17. The van der Waals surface area contributed by atoms with Crippen LogP contribution in [0.5, 0.6) is 0 Å². The van der Waals surface area contributed by atoms with Gasteiger partial charge in [0.25, 0.3) is 0 Å². The third-order valence-electron chi connectivity index (χ3n) is 1.99. The molecule has 0 heterocycles. The molecule has 0 atom stereocenters. The Kier molecular flexibility index (Phi) is 4.47. The number of nitrogens with one attached hydrogen (secondary N) is 1. The summed E-state index contributed by atoms with van der Waals surface area (Å²) in [4.78, 5) is 11.2. The maximum absolute atomic E-state index is 11.2. The first-order chi connectivity index (χ1) is 7.67. The van der Waals surface area contributed by atoms with Gasteiger partial charge < -0.3 is 15.3 Å². The highest BCUT2D eigenvalue weighted by molar-refractivity contribution is 6.00. The van der Waals surface area contributed by atoms with E-state index in [0.717, 1.165) is 5.56 Å². The molecule has 2 N–H and O–H groups in total. The molecule has 0 saturated carbocycles. The number of hydrogen-bond donors (Lipinski definition) is 2. The predicted molar refractivity (Wildman–Crippen MR) is 60.9 cm³/mol. The lowest BCUT2D eigenvalue weighted by atomic mass is 10.1. The fourth-order valence-corrected chi connectivity index (χ4v) is 1.21. The largest absolute Gasteiger partial charge is 0.411 e. The Bertz CT molecular complexity index is 402. The smallest absolute Gasteiger partial charge is 0.250 e. The van der Waals surface area contributed by atoms with Crippen LogP contribution in [0.2, 0.25) is 0 Å². The number of carbonyl (C=O) groups is 1. The van der Waals surface area contributed by atoms with Crippen LogP contribution in [0.15, 0.2) is 29.4 Å². The van der Waals surface area contributed by atoms with Crippen molar-refractivity contribution in [3.8, 4) is 0 Å². The van der Waals surface area contributed by atoms with Crippen molar-refractivity contribution in [3.63, 3.8) is 0 Å². The van der Waals surface area contributed by atoms with E-state index in [0.29, 0.717) is 11.4 Å². The van der Waals surface area contributed by atoms with Gasteiger partial charge in [0.05, 0.1) is 5.71 Å². The molecule has 0 aliphatic rings. The van der Waals surface area contributed by atoms with Crippen LogP contribution in [0.3, 0.4) is 0 Å². The molecule has 0 bridgehead atoms. The minimum atomic E-state index is -0.224. The van der Waals surface area contributed by atoms with Crippen molar-refractivity contribution in [1.82, 2.24) is 0 Å². The second-order valence-corrected chi connectivity index (χ2v) is 3.25. The fraction of sp³-hybridized carbons (Fsp3) is 0.273. The molecule has 0 radical (unpaired) electrons. The van der Waals surface area contributed by atoms with E-state index in [4.69, 9.17) is 9.94 Å². The Hall–Kier alpha value is -1.88. The van der Waals surface area contributed by atoms with Gasteiger partial charge in [-0.15, -0.1) is 0 Å². The lowest BCUT2D eigenvalue weighted by molar-refractivity contribution is -0.119. The third kappa shape index (κ3) is 3.36. The normalized spacial score (nSPS) is 11.2. The molecule has 86 valence electrons. The van der Waals surface area contributed by atoms with Crippen LogP contribution in [0.4, 0.5) is 5.69 Å². The first-order valence-electron chi connectivity index (χ1n) is 4.75. The summed E-state index contributed by atoms with van der Waals surface area (Å²) in [6.07, 6.45) is 0. The molecule has 1 aromatic rings. The van der Waals surface area contributed by atoms with E-state index in [2.05, 4.69) is 10.5 Å². The van der Waals surface area contributed by atoms with E-state index in [1.807, 2.05) is 0 Å². The third-order valence-corrected chi connectivity index (χ3v) is 1.99. The van der Waals surface area contributed by atoms with E-state index < -0.39 is 0 Å². The average molecular weight is 222 g/mol. The highest BCUT2D eigenvalue weighted by Crippen LogP contribution is 2.11. The molecule has 1 amide bonds. The van der Waals surface area contributed by atoms with E-state index >= 15 is 0 Å². The standard InChI is InChI=1S/C11H14N2O3/c1-8(13-15)9-4-3-5-10(6-9)12-11(14)7-16-2/h3-6,15H,7H2,1-2H3,(H,12,14). The van der Waals surface area contributed by atoms with Gasteiger partial charge in [0.1, 0.15) is 6.61 Å². The summed E-state index contributed by atoms with van der Waals surface area (Å²) in [6, 6.07) is 7.04. The molecule has 0 aromatic heterocycles. The first-order valence-corrected chi connectivity index (χ1v) is 4.75. The van der Waals surface area contributed by atoms with Crippen molar-refractivity contribution in [1.29, 1.82) is 0 Å². The summed E-state index contributed by atoms with van der Waals surface area (Å²) in [6.45, 7) is 1.69. The molecule has 0 aliphatic heterocycles. The number of hydrogen-bond acceptors (Lipinski definition) is 4. The number of anilines is 1. The minimum Gasteiger partial charge on any atom is -0.411 e. The van der Waals surface area contributed by atoms with Crippen LogP contribution in [0.1, 0.15) is 12.5 Å². The van der Waals surface area contributed by atoms with Crippen molar-refractivity contribution in [2.75, 3.05) is 19.0 Å². The molecule has 16 heavy (non-hydrogen) atoms. The molecule has 0 spiro atoms. The predicted octanol–water partition coefficient (Wildman–Crippen LogP) is 1.47. The molecule has 5 heteroatoms. The zero-order valence-corrected chi connectivity index (χ0v) is 9.23. The molecule has 5 nitrogen and oxygen atoms in total. The lowest BCUT2D eigenvalue weighted by Gasteiger charge is -2.06. The number of amides is 1. The second kappa shape index (κ2) is 5.87. The molecule has 0 aliphatic carbocycles. The molecule has 0 unspecified atom stereocenters. The highest BCUT2D eigenvalue weighted by atomic mass is 16.5. The maximum atomic E-state index is 11.2. The van der Waals surface area contributed by atoms with Crippen LogP contribution in [-0.2, 0) is 9.53 Å². The van der Waals surface area contributed by atoms with Crippen molar-refractivity contribution >= 4 is 17.3 Å². The molecular formula is C11H14N2O3. The monoisotopic (exact) mass is 222 g/mol. The zero-order valence-electron chi connectivity index (χ0n) is 9.23. The summed E-state index contributed by atoms with van der Waals surface area (Å²) in [5, 5.41) is 14.4. The van der Waals surface area contributed by atoms with Crippen LogP contribution in [-0.4, -0.2) is 30.5 Å². The zero-order chi connectivity index (χ0) is 12.0. The van der Waals surface area contributed by atoms with E-state index in [1.165, 1.54) is 7.11 Å². The van der Waals surface area contributed by atoms with Gasteiger partial charge in [0, 0.05) is 18.4 Å². The van der Waals surface area contributed by atoms with Gasteiger partial charge in [-0.2, -0.15) is 0 Å². The van der Waals surface area contributed by atoms with Crippen LogP contribution in [0, 0.1) is 0 Å². The summed E-state index contributed by atoms with van der Waals surface area (Å²) >= 11 is 0. The fourth-order valence-electron chi connectivity index (χ4n) is 1.21. The van der Waals surface area contributed by atoms with Gasteiger partial charge in [-0.1, -0.05) is 17.3 Å². The van der Waals surface area contributed by atoms with Gasteiger partial charge >= 0.3 is 0 Å². The summed E-state index contributed by atoms with van der Waals surface area (Å²) < 4.78 is 4.70. The van der Waals surface area contributed by atoms with Crippen molar-refractivity contribution < 1.29 is 14.7 Å². The second-order valence-electron chi connectivity index (χ2n) is 3.25. The SMILES string of the molecule is COCC(=O)Nc1cccc(C(C)=NO)c1. The number of ether oxygens (including phenoxy) is 1. The Morgan fingerprint density at radius 2 is 2.31 bits per heavy atom. The molecule has 1 aromatic carbocycles. The summed E-state index contributed by atoms with van der Waals surface area (Å²) in [5.41, 5.74) is 1.88. The minimum absolute atomic E-state index is 0.0112. The van der Waals surface area contributed by atoms with Crippen molar-refractivity contribution in [3.05, 3.63) is 29.8 Å². The van der Waals surface area contributed by atoms with Crippen molar-refractivity contribution in [2.24, 2.45) is 5.16 Å². The quantitative estimate of drug-likeness (QED) is 0.460. The van der Waals surface area contributed by atoms with Gasteiger partial charge in [-0.05, 0) is 19.1 Å². The van der Waals surface area contributed by atoms with E-state index in [1.54, 1.807) is 31.2 Å². The molecule has 0 fully saturated rings. The Morgan fingerprint density at radius 1 is 1.56 bits per heavy atom. The number of rotatable bonds is 4. The Balaban J connectivity index is 2.79. The summed E-state index contributed by atoms with van der Waals surface area (Å²) in [7, 11) is 1.46. The highest BCUT2D eigenvalue weighted by Gasteiger charge is 2.03. The number of benzene rings is 1. The molecule has 0 saturated heterocycles. The van der Waals surface area contributed by atoms with Crippen LogP contribution >= 0.6 is 0 Å². The molecular weight excluding hydrogens is 208 g/mol. The first kappa shape index (κ1) is 12.2. The molecule has 1 rings (SSSR count).